The van der Waals surface area contributed by atoms with Crippen molar-refractivity contribution in [3.05, 3.63) is 98.3 Å². The molecular weight excluding hydrogens is 418 g/mol. The van der Waals surface area contributed by atoms with E-state index in [4.69, 9.17) is 0 Å². The van der Waals surface area contributed by atoms with E-state index in [9.17, 15) is 19.5 Å². The highest BCUT2D eigenvalue weighted by Crippen LogP contribution is 2.32. The first-order valence-electron chi connectivity index (χ1n) is 11.5. The summed E-state index contributed by atoms with van der Waals surface area (Å²) in [6.45, 7) is 0.155. The number of aromatic nitrogens is 2. The number of aromatic hydroxyl groups is 1. The Morgan fingerprint density at radius 2 is 1.61 bits per heavy atom. The van der Waals surface area contributed by atoms with Crippen molar-refractivity contribution in [2.75, 3.05) is 0 Å². The molecule has 7 nitrogen and oxygen atoms in total. The Bertz CT molecular complexity index is 1190. The zero-order valence-corrected chi connectivity index (χ0v) is 18.5. The van der Waals surface area contributed by atoms with E-state index in [1.165, 1.54) is 5.56 Å². The van der Waals surface area contributed by atoms with Crippen LogP contribution in [0.3, 0.4) is 0 Å². The number of nitrogens with one attached hydrogen (secondary N) is 2. The smallest absolute Gasteiger partial charge is 0.329 e. The zero-order valence-electron chi connectivity index (χ0n) is 18.5. The molecule has 0 bridgehead atoms. The number of carbonyl (C=O) groups excluding carboxylic acids is 1. The molecule has 0 aliphatic heterocycles. The number of carbonyl (C=O) groups is 1. The minimum atomic E-state index is -0.843. The molecule has 2 aromatic carbocycles. The van der Waals surface area contributed by atoms with Gasteiger partial charge in [-0.1, -0.05) is 60.7 Å². The van der Waals surface area contributed by atoms with E-state index < -0.39 is 22.9 Å². The van der Waals surface area contributed by atoms with Crippen LogP contribution in [0.5, 0.6) is 5.75 Å². The molecule has 0 atom stereocenters. The van der Waals surface area contributed by atoms with E-state index >= 15 is 0 Å². The van der Waals surface area contributed by atoms with Crippen molar-refractivity contribution in [3.8, 4) is 5.75 Å². The zero-order chi connectivity index (χ0) is 23.2. The average molecular weight is 448 g/mol. The second kappa shape index (κ2) is 10.3. The molecule has 1 aliphatic carbocycles. The molecule has 4 rings (SSSR count). The Labute approximate surface area is 192 Å². The number of aromatic amines is 1. The summed E-state index contributed by atoms with van der Waals surface area (Å²) < 4.78 is 0.945. The molecule has 0 unspecified atom stereocenters. The lowest BCUT2D eigenvalue weighted by Gasteiger charge is -2.29. The van der Waals surface area contributed by atoms with E-state index in [0.717, 1.165) is 35.8 Å². The maximum Gasteiger partial charge on any atom is 0.329 e. The fraction of sp³-hybridized carbons (Fsp3) is 0.346. The van der Waals surface area contributed by atoms with Gasteiger partial charge in [0.2, 0.25) is 5.75 Å². The number of amides is 1. The summed E-state index contributed by atoms with van der Waals surface area (Å²) in [5.74, 6) is -0.876. The number of rotatable bonds is 7. The van der Waals surface area contributed by atoms with Gasteiger partial charge < -0.3 is 10.4 Å². The summed E-state index contributed by atoms with van der Waals surface area (Å²) in [5, 5.41) is 13.2. The molecule has 1 amide bonds. The van der Waals surface area contributed by atoms with Crippen molar-refractivity contribution in [2.24, 2.45) is 0 Å². The van der Waals surface area contributed by atoms with Gasteiger partial charge in [-0.3, -0.25) is 19.1 Å². The lowest BCUT2D eigenvalue weighted by atomic mass is 9.82. The molecule has 3 aromatic rings. The van der Waals surface area contributed by atoms with Gasteiger partial charge in [-0.15, -0.1) is 0 Å². The van der Waals surface area contributed by atoms with E-state index in [-0.39, 0.29) is 18.3 Å². The predicted octanol–water partition coefficient (Wildman–Crippen LogP) is 3.33. The molecule has 0 radical (unpaired) electrons. The molecule has 1 aromatic heterocycles. The molecule has 172 valence electrons. The predicted molar refractivity (Wildman–Crippen MR) is 127 cm³/mol. The standard InChI is InChI=1S/C26H29N3O4/c30-23-22(24(31)27-21-15-13-20(14-16-21)19-11-5-2-6-12-19)28-26(33)29(25(23)32)17-7-10-18-8-3-1-4-9-18/h1-6,8-9,11-12,20-21,30H,7,10,13-17H2,(H,27,31)(H,28,33). The van der Waals surface area contributed by atoms with Gasteiger partial charge >= 0.3 is 5.69 Å². The van der Waals surface area contributed by atoms with Gasteiger partial charge in [-0.05, 0) is 55.6 Å². The molecule has 33 heavy (non-hydrogen) atoms. The van der Waals surface area contributed by atoms with Crippen molar-refractivity contribution in [2.45, 2.75) is 57.0 Å². The molecule has 0 saturated heterocycles. The van der Waals surface area contributed by atoms with Gasteiger partial charge in [-0.2, -0.15) is 0 Å². The number of H-pyrrole nitrogens is 1. The summed E-state index contributed by atoms with van der Waals surface area (Å²) in [6, 6.07) is 20.0. The van der Waals surface area contributed by atoms with Gasteiger partial charge in [0.25, 0.3) is 11.5 Å². The lowest BCUT2D eigenvalue weighted by Crippen LogP contribution is -2.42. The molecule has 3 N–H and O–H groups in total. The summed E-state index contributed by atoms with van der Waals surface area (Å²) in [7, 11) is 0. The minimum Gasteiger partial charge on any atom is -0.501 e. The fourth-order valence-corrected chi connectivity index (χ4v) is 4.57. The van der Waals surface area contributed by atoms with Gasteiger partial charge in [0, 0.05) is 12.6 Å². The first kappa shape index (κ1) is 22.6. The van der Waals surface area contributed by atoms with Crippen LogP contribution >= 0.6 is 0 Å². The molecule has 1 heterocycles. The van der Waals surface area contributed by atoms with Crippen molar-refractivity contribution in [3.63, 3.8) is 0 Å². The van der Waals surface area contributed by atoms with Gasteiger partial charge in [0.15, 0.2) is 5.69 Å². The maximum atomic E-state index is 12.7. The van der Waals surface area contributed by atoms with Crippen LogP contribution in [0, 0.1) is 0 Å². The Hall–Kier alpha value is -3.61. The normalized spacial score (nSPS) is 18.1. The summed E-state index contributed by atoms with van der Waals surface area (Å²) in [6.07, 6.45) is 4.74. The highest BCUT2D eigenvalue weighted by atomic mass is 16.3. The molecular formula is C26H29N3O4. The second-order valence-corrected chi connectivity index (χ2v) is 8.63. The van der Waals surface area contributed by atoms with Gasteiger partial charge in [0.05, 0.1) is 0 Å². The molecule has 1 saturated carbocycles. The second-order valence-electron chi connectivity index (χ2n) is 8.63. The SMILES string of the molecule is O=C(NC1CCC(c2ccccc2)CC1)c1[nH]c(=O)n(CCCc2ccccc2)c(=O)c1O. The Kier molecular flexibility index (Phi) is 7.07. The first-order chi connectivity index (χ1) is 16.0. The number of aryl methyl sites for hydroxylation is 1. The summed E-state index contributed by atoms with van der Waals surface area (Å²) in [4.78, 5) is 40.1. The maximum absolute atomic E-state index is 12.7. The highest BCUT2D eigenvalue weighted by Gasteiger charge is 2.26. The topological polar surface area (TPSA) is 104 Å². The van der Waals surface area contributed by atoms with Crippen LogP contribution in [0.4, 0.5) is 0 Å². The van der Waals surface area contributed by atoms with Crippen LogP contribution < -0.4 is 16.6 Å². The third kappa shape index (κ3) is 5.42. The third-order valence-electron chi connectivity index (χ3n) is 6.41. The van der Waals surface area contributed by atoms with Gasteiger partial charge in [-0.25, -0.2) is 4.79 Å². The van der Waals surface area contributed by atoms with Crippen LogP contribution in [0.2, 0.25) is 0 Å². The molecule has 1 aliphatic rings. The lowest BCUT2D eigenvalue weighted by molar-refractivity contribution is 0.0916. The number of hydrogen-bond donors (Lipinski definition) is 3. The van der Waals surface area contributed by atoms with E-state index in [1.807, 2.05) is 48.5 Å². The molecule has 7 heteroatoms. The average Bonchev–Trinajstić information content (AvgIpc) is 2.85. The van der Waals surface area contributed by atoms with Crippen molar-refractivity contribution >= 4 is 5.91 Å². The largest absolute Gasteiger partial charge is 0.501 e. The number of hydrogen-bond acceptors (Lipinski definition) is 4. The van der Waals surface area contributed by atoms with Crippen molar-refractivity contribution in [1.29, 1.82) is 0 Å². The highest BCUT2D eigenvalue weighted by molar-refractivity contribution is 5.94. The fourth-order valence-electron chi connectivity index (χ4n) is 4.57. The van der Waals surface area contributed by atoms with Crippen molar-refractivity contribution in [1.82, 2.24) is 14.9 Å². The van der Waals surface area contributed by atoms with E-state index in [0.29, 0.717) is 18.8 Å². The van der Waals surface area contributed by atoms with Crippen LogP contribution in [0.25, 0.3) is 0 Å². The monoisotopic (exact) mass is 447 g/mol. The van der Waals surface area contributed by atoms with Crippen molar-refractivity contribution < 1.29 is 9.90 Å². The Morgan fingerprint density at radius 1 is 0.970 bits per heavy atom. The van der Waals surface area contributed by atoms with E-state index in [1.54, 1.807) is 0 Å². The van der Waals surface area contributed by atoms with Gasteiger partial charge in [0.1, 0.15) is 0 Å². The quantitative estimate of drug-likeness (QED) is 0.517. The van der Waals surface area contributed by atoms with E-state index in [2.05, 4.69) is 22.4 Å². The van der Waals surface area contributed by atoms with Crippen LogP contribution in [0.15, 0.2) is 70.3 Å². The number of benzene rings is 2. The Balaban J connectivity index is 1.37. The third-order valence-corrected chi connectivity index (χ3v) is 6.41. The summed E-state index contributed by atoms with van der Waals surface area (Å²) >= 11 is 0. The first-order valence-corrected chi connectivity index (χ1v) is 11.5. The minimum absolute atomic E-state index is 0.0614. The Morgan fingerprint density at radius 3 is 2.27 bits per heavy atom. The number of nitrogens with zero attached hydrogens (tertiary/aromatic N) is 1. The summed E-state index contributed by atoms with van der Waals surface area (Å²) in [5.41, 5.74) is 0.507. The van der Waals surface area contributed by atoms with Crippen LogP contribution in [0.1, 0.15) is 59.6 Å². The van der Waals surface area contributed by atoms with Crippen LogP contribution in [-0.4, -0.2) is 26.6 Å². The molecule has 0 spiro atoms. The van der Waals surface area contributed by atoms with Crippen LogP contribution in [-0.2, 0) is 13.0 Å². The molecule has 1 fully saturated rings.